The van der Waals surface area contributed by atoms with Gasteiger partial charge in [0.15, 0.2) is 5.16 Å². The molecular weight excluding hydrogens is 446 g/mol. The number of aromatic nitrogens is 2. The Morgan fingerprint density at radius 1 is 1.19 bits per heavy atom. The number of thioether (sulfide) groups is 1. The maximum atomic E-state index is 12.7. The summed E-state index contributed by atoms with van der Waals surface area (Å²) < 4.78 is 0. The number of nitrogens with zero attached hydrogens (tertiary/aromatic N) is 5. The minimum Gasteiger partial charge on any atom is -0.353 e. The molecule has 1 saturated heterocycles. The number of hydrogen-bond donors (Lipinski definition) is 0. The van der Waals surface area contributed by atoms with Crippen molar-refractivity contribution in [3.05, 3.63) is 11.2 Å². The minimum atomic E-state index is -0.0294. The zero-order valence-corrected chi connectivity index (χ0v) is 22.3. The lowest BCUT2D eigenvalue weighted by Crippen LogP contribution is -2.54. The van der Waals surface area contributed by atoms with Gasteiger partial charge < -0.3 is 14.7 Å². The lowest BCUT2D eigenvalue weighted by Gasteiger charge is -2.41. The third kappa shape index (κ3) is 7.51. The summed E-state index contributed by atoms with van der Waals surface area (Å²) in [5, 5.41) is 0.848. The molecule has 0 spiro atoms. The van der Waals surface area contributed by atoms with E-state index in [0.29, 0.717) is 36.4 Å². The first kappa shape index (κ1) is 26.7. The third-order valence-corrected chi connectivity index (χ3v) is 6.37. The van der Waals surface area contributed by atoms with Gasteiger partial charge in [0.1, 0.15) is 11.0 Å². The first-order chi connectivity index (χ1) is 14.8. The zero-order chi connectivity index (χ0) is 24.2. The van der Waals surface area contributed by atoms with Gasteiger partial charge in [0.2, 0.25) is 11.8 Å². The highest BCUT2D eigenvalue weighted by molar-refractivity contribution is 7.99. The zero-order valence-electron chi connectivity index (χ0n) is 20.7. The Morgan fingerprint density at radius 2 is 1.81 bits per heavy atom. The van der Waals surface area contributed by atoms with E-state index in [0.717, 1.165) is 5.82 Å². The predicted molar refractivity (Wildman–Crippen MR) is 132 cm³/mol. The second-order valence-electron chi connectivity index (χ2n) is 10.2. The molecule has 0 bridgehead atoms. The van der Waals surface area contributed by atoms with Gasteiger partial charge in [0, 0.05) is 50.2 Å². The summed E-state index contributed by atoms with van der Waals surface area (Å²) >= 11 is 7.59. The molecule has 2 amide bonds. The number of hydrogen-bond acceptors (Lipinski definition) is 6. The normalized spacial score (nSPS) is 17.3. The highest BCUT2D eigenvalue weighted by Crippen LogP contribution is 2.26. The molecule has 2 rings (SSSR count). The van der Waals surface area contributed by atoms with Gasteiger partial charge in [-0.05, 0) is 40.0 Å². The van der Waals surface area contributed by atoms with Crippen LogP contribution in [0.25, 0.3) is 0 Å². The van der Waals surface area contributed by atoms with Gasteiger partial charge >= 0.3 is 0 Å². The topological polar surface area (TPSA) is 69.6 Å². The van der Waals surface area contributed by atoms with Crippen LogP contribution >= 0.6 is 23.4 Å². The van der Waals surface area contributed by atoms with Crippen LogP contribution in [0.4, 0.5) is 5.82 Å². The number of carbonyl (C=O) groups excluding carboxylic acids is 2. The Labute approximate surface area is 202 Å². The predicted octanol–water partition coefficient (Wildman–Crippen LogP) is 4.34. The summed E-state index contributed by atoms with van der Waals surface area (Å²) in [5.74, 6) is 1.26. The average Bonchev–Trinajstić information content (AvgIpc) is 2.63. The van der Waals surface area contributed by atoms with Gasteiger partial charge in [0.25, 0.3) is 0 Å². The molecule has 1 atom stereocenters. The molecule has 0 N–H and O–H groups in total. The van der Waals surface area contributed by atoms with Crippen molar-refractivity contribution in [3.8, 4) is 0 Å². The SMILES string of the molecule is CC1CN(c2cc(Cl)nc(SCC(=O)N(C(C)C)C(C)C)n2)CCN1C(=O)CC(C)(C)C. The van der Waals surface area contributed by atoms with Gasteiger partial charge in [0.05, 0.1) is 5.75 Å². The van der Waals surface area contributed by atoms with Crippen LogP contribution in [0.15, 0.2) is 11.2 Å². The highest BCUT2D eigenvalue weighted by Gasteiger charge is 2.30. The summed E-state index contributed by atoms with van der Waals surface area (Å²) in [5.41, 5.74) is -0.0294. The molecule has 1 fully saturated rings. The Kier molecular flexibility index (Phi) is 9.23. The van der Waals surface area contributed by atoms with E-state index < -0.39 is 0 Å². The number of amides is 2. The van der Waals surface area contributed by atoms with Crippen molar-refractivity contribution in [1.29, 1.82) is 0 Å². The molecule has 0 radical (unpaired) electrons. The fourth-order valence-corrected chi connectivity index (χ4v) is 5.03. The first-order valence-electron chi connectivity index (χ1n) is 11.3. The van der Waals surface area contributed by atoms with E-state index in [1.165, 1.54) is 11.8 Å². The number of anilines is 1. The molecule has 1 aromatic heterocycles. The molecule has 1 aliphatic heterocycles. The monoisotopic (exact) mass is 483 g/mol. The molecule has 1 unspecified atom stereocenters. The molecule has 0 saturated carbocycles. The molecule has 2 heterocycles. The van der Waals surface area contributed by atoms with Crippen LogP contribution < -0.4 is 4.90 Å². The van der Waals surface area contributed by atoms with Crippen LogP contribution in [0.1, 0.15) is 61.8 Å². The summed E-state index contributed by atoms with van der Waals surface area (Å²) in [4.78, 5) is 40.3. The molecule has 0 aromatic carbocycles. The lowest BCUT2D eigenvalue weighted by atomic mass is 9.91. The largest absolute Gasteiger partial charge is 0.353 e. The maximum Gasteiger partial charge on any atom is 0.233 e. The molecular formula is C23H38ClN5O2S. The fourth-order valence-electron chi connectivity index (χ4n) is 4.08. The van der Waals surface area contributed by atoms with Gasteiger partial charge in [-0.25, -0.2) is 9.97 Å². The molecule has 7 nitrogen and oxygen atoms in total. The van der Waals surface area contributed by atoms with E-state index >= 15 is 0 Å². The van der Waals surface area contributed by atoms with Crippen molar-refractivity contribution in [1.82, 2.24) is 19.8 Å². The van der Waals surface area contributed by atoms with E-state index in [1.807, 2.05) is 37.5 Å². The van der Waals surface area contributed by atoms with Gasteiger partial charge in [-0.15, -0.1) is 0 Å². The summed E-state index contributed by atoms with van der Waals surface area (Å²) in [7, 11) is 0. The molecule has 0 aliphatic carbocycles. The van der Waals surface area contributed by atoms with Crippen molar-refractivity contribution in [3.63, 3.8) is 0 Å². The van der Waals surface area contributed by atoms with Crippen molar-refractivity contribution >= 4 is 41.0 Å². The number of rotatable bonds is 7. The van der Waals surface area contributed by atoms with Crippen molar-refractivity contribution in [2.75, 3.05) is 30.3 Å². The second kappa shape index (κ2) is 11.1. The minimum absolute atomic E-state index is 0.0294. The van der Waals surface area contributed by atoms with Crippen LogP contribution in [0, 0.1) is 5.41 Å². The van der Waals surface area contributed by atoms with Crippen LogP contribution in [0.3, 0.4) is 0 Å². The molecule has 9 heteroatoms. The van der Waals surface area contributed by atoms with Crippen LogP contribution in [0.5, 0.6) is 0 Å². The van der Waals surface area contributed by atoms with E-state index in [1.54, 1.807) is 6.07 Å². The van der Waals surface area contributed by atoms with Crippen molar-refractivity contribution in [2.45, 2.75) is 85.1 Å². The number of carbonyl (C=O) groups is 2. The first-order valence-corrected chi connectivity index (χ1v) is 12.7. The van der Waals surface area contributed by atoms with Gasteiger partial charge in [-0.2, -0.15) is 0 Å². The maximum absolute atomic E-state index is 12.7. The molecule has 32 heavy (non-hydrogen) atoms. The average molecular weight is 484 g/mol. The second-order valence-corrected chi connectivity index (χ2v) is 11.6. The van der Waals surface area contributed by atoms with Gasteiger partial charge in [-0.3, -0.25) is 9.59 Å². The van der Waals surface area contributed by atoms with Crippen LogP contribution in [-0.2, 0) is 9.59 Å². The highest BCUT2D eigenvalue weighted by atomic mass is 35.5. The fraction of sp³-hybridized carbons (Fsp3) is 0.739. The standard InChI is InChI=1S/C23H38ClN5O2S/c1-15(2)29(16(3)4)21(31)14-32-22-25-18(24)11-19(26-22)27-9-10-28(17(5)13-27)20(30)12-23(6,7)8/h11,15-17H,9-10,12-14H2,1-8H3. The quantitative estimate of drug-likeness (QED) is 0.326. The van der Waals surface area contributed by atoms with Gasteiger partial charge in [-0.1, -0.05) is 44.1 Å². The Balaban J connectivity index is 2.05. The number of halogens is 1. The Hall–Kier alpha value is -1.54. The third-order valence-electron chi connectivity index (χ3n) is 5.34. The summed E-state index contributed by atoms with van der Waals surface area (Å²) in [6.45, 7) is 18.4. The van der Waals surface area contributed by atoms with E-state index in [-0.39, 0.29) is 41.1 Å². The van der Waals surface area contributed by atoms with E-state index in [2.05, 4.69) is 42.6 Å². The summed E-state index contributed by atoms with van der Waals surface area (Å²) in [6.07, 6.45) is 0.537. The van der Waals surface area contributed by atoms with Crippen molar-refractivity contribution in [2.24, 2.45) is 5.41 Å². The van der Waals surface area contributed by atoms with Crippen LogP contribution in [-0.4, -0.2) is 75.1 Å². The van der Waals surface area contributed by atoms with E-state index in [9.17, 15) is 9.59 Å². The van der Waals surface area contributed by atoms with Crippen LogP contribution in [0.2, 0.25) is 5.15 Å². The smallest absolute Gasteiger partial charge is 0.233 e. The Bertz CT molecular complexity index is 804. The van der Waals surface area contributed by atoms with Crippen molar-refractivity contribution < 1.29 is 9.59 Å². The Morgan fingerprint density at radius 3 is 2.34 bits per heavy atom. The lowest BCUT2D eigenvalue weighted by molar-refractivity contribution is -0.135. The molecule has 1 aromatic rings. The van der Waals surface area contributed by atoms with E-state index in [4.69, 9.17) is 11.6 Å². The summed E-state index contributed by atoms with van der Waals surface area (Å²) in [6, 6.07) is 2.10. The molecule has 1 aliphatic rings. The number of piperazine rings is 1. The molecule has 180 valence electrons.